The topological polar surface area (TPSA) is 69.7 Å². The van der Waals surface area contributed by atoms with Crippen molar-refractivity contribution in [1.29, 1.82) is 0 Å². The number of barbiturate groups is 1. The van der Waals surface area contributed by atoms with Gasteiger partial charge in [-0.15, -0.1) is 0 Å². The summed E-state index contributed by atoms with van der Waals surface area (Å²) in [5.74, 6) is -1.35. The van der Waals surface area contributed by atoms with Gasteiger partial charge in [0.1, 0.15) is 0 Å². The number of halogens is 3. The Bertz CT molecular complexity index is 1150. The molecular formula is C24H22F3N3O3. The second-order valence-corrected chi connectivity index (χ2v) is 8.95. The van der Waals surface area contributed by atoms with Crippen molar-refractivity contribution in [1.82, 2.24) is 10.2 Å². The number of fused-ring (bicyclic) bond motifs is 4. The zero-order chi connectivity index (χ0) is 23.5. The predicted octanol–water partition coefficient (Wildman–Crippen LogP) is 3.71. The van der Waals surface area contributed by atoms with E-state index in [4.69, 9.17) is 0 Å². The molecule has 3 aliphatic rings. The summed E-state index contributed by atoms with van der Waals surface area (Å²) < 4.78 is 40.3. The minimum atomic E-state index is -4.55. The minimum absolute atomic E-state index is 0.0730. The smallest absolute Gasteiger partial charge is 0.367 e. The summed E-state index contributed by atoms with van der Waals surface area (Å²) in [6.45, 7) is 0.475. The van der Waals surface area contributed by atoms with Gasteiger partial charge >= 0.3 is 12.2 Å². The van der Waals surface area contributed by atoms with Gasteiger partial charge in [-0.1, -0.05) is 30.3 Å². The van der Waals surface area contributed by atoms with Crippen LogP contribution in [-0.4, -0.2) is 42.4 Å². The Morgan fingerprint density at radius 2 is 1.79 bits per heavy atom. The van der Waals surface area contributed by atoms with E-state index in [0.29, 0.717) is 18.7 Å². The third kappa shape index (κ3) is 3.20. The molecule has 3 atom stereocenters. The molecule has 0 saturated carbocycles. The van der Waals surface area contributed by atoms with E-state index in [1.54, 1.807) is 0 Å². The Hall–Kier alpha value is -3.36. The highest BCUT2D eigenvalue weighted by Gasteiger charge is 2.62. The van der Waals surface area contributed by atoms with Crippen molar-refractivity contribution < 1.29 is 27.6 Å². The molecular weight excluding hydrogens is 435 g/mol. The molecule has 3 aliphatic heterocycles. The quantitative estimate of drug-likeness (QED) is 0.663. The van der Waals surface area contributed by atoms with Gasteiger partial charge in [0.2, 0.25) is 11.8 Å². The average molecular weight is 457 g/mol. The number of nitrogens with zero attached hydrogens (tertiary/aromatic N) is 2. The summed E-state index contributed by atoms with van der Waals surface area (Å²) in [6, 6.07) is 11.8. The van der Waals surface area contributed by atoms with Crippen LogP contribution >= 0.6 is 0 Å². The van der Waals surface area contributed by atoms with Gasteiger partial charge < -0.3 is 4.90 Å². The van der Waals surface area contributed by atoms with Gasteiger partial charge in [0.05, 0.1) is 11.6 Å². The molecule has 5 rings (SSSR count). The Labute approximate surface area is 188 Å². The summed E-state index contributed by atoms with van der Waals surface area (Å²) in [6.07, 6.45) is -3.56. The molecule has 172 valence electrons. The monoisotopic (exact) mass is 457 g/mol. The van der Waals surface area contributed by atoms with Crippen LogP contribution in [-0.2, 0) is 22.2 Å². The highest BCUT2D eigenvalue weighted by atomic mass is 19.4. The fraction of sp³-hybridized carbons (Fsp3) is 0.375. The molecule has 2 aromatic rings. The fourth-order valence-corrected chi connectivity index (χ4v) is 5.58. The molecule has 33 heavy (non-hydrogen) atoms. The van der Waals surface area contributed by atoms with E-state index < -0.39 is 41.0 Å². The number of carbonyl (C=O) groups is 3. The van der Waals surface area contributed by atoms with Crippen LogP contribution < -0.4 is 10.2 Å². The van der Waals surface area contributed by atoms with Crippen molar-refractivity contribution in [2.75, 3.05) is 18.5 Å². The largest absolute Gasteiger partial charge is 0.416 e. The van der Waals surface area contributed by atoms with Crippen molar-refractivity contribution in [3.63, 3.8) is 0 Å². The van der Waals surface area contributed by atoms with Crippen LogP contribution in [0.5, 0.6) is 0 Å². The van der Waals surface area contributed by atoms with Crippen LogP contribution in [0.4, 0.5) is 23.7 Å². The molecule has 2 fully saturated rings. The molecule has 1 spiro atoms. The van der Waals surface area contributed by atoms with Crippen molar-refractivity contribution in [3.8, 4) is 0 Å². The van der Waals surface area contributed by atoms with E-state index >= 15 is 0 Å². The second kappa shape index (κ2) is 7.33. The van der Waals surface area contributed by atoms with Crippen molar-refractivity contribution in [2.45, 2.75) is 37.4 Å². The molecule has 2 saturated heterocycles. The Kier molecular flexibility index (Phi) is 4.77. The van der Waals surface area contributed by atoms with Gasteiger partial charge in [-0.05, 0) is 54.5 Å². The molecule has 3 unspecified atom stereocenters. The Morgan fingerprint density at radius 1 is 1.06 bits per heavy atom. The number of hydrogen-bond acceptors (Lipinski definition) is 4. The lowest BCUT2D eigenvalue weighted by atomic mass is 9.64. The summed E-state index contributed by atoms with van der Waals surface area (Å²) in [4.78, 5) is 41.7. The molecule has 4 amide bonds. The minimum Gasteiger partial charge on any atom is -0.367 e. The SMILES string of the molecule is CN1C(=O)NC(=O)C2(Cc3cc(C(F)(F)F)ccc3N3CCC(c4ccccc4)CC32)C1=O. The summed E-state index contributed by atoms with van der Waals surface area (Å²) in [5.41, 5.74) is -0.552. The lowest BCUT2D eigenvalue weighted by molar-refractivity contribution is -0.153. The summed E-state index contributed by atoms with van der Waals surface area (Å²) in [5, 5.41) is 2.26. The van der Waals surface area contributed by atoms with Gasteiger partial charge in [-0.25, -0.2) is 4.79 Å². The molecule has 0 radical (unpaired) electrons. The summed E-state index contributed by atoms with van der Waals surface area (Å²) >= 11 is 0. The second-order valence-electron chi connectivity index (χ2n) is 8.95. The fourth-order valence-electron chi connectivity index (χ4n) is 5.58. The molecule has 1 N–H and O–H groups in total. The molecule has 0 aliphatic carbocycles. The summed E-state index contributed by atoms with van der Waals surface area (Å²) in [7, 11) is 1.29. The predicted molar refractivity (Wildman–Crippen MR) is 113 cm³/mol. The van der Waals surface area contributed by atoms with Crippen molar-refractivity contribution in [2.24, 2.45) is 5.41 Å². The normalized spacial score (nSPS) is 27.3. The number of hydrogen-bond donors (Lipinski definition) is 1. The van der Waals surface area contributed by atoms with Gasteiger partial charge in [-0.2, -0.15) is 13.2 Å². The maximum Gasteiger partial charge on any atom is 0.416 e. The van der Waals surface area contributed by atoms with E-state index in [1.165, 1.54) is 13.1 Å². The van der Waals surface area contributed by atoms with Crippen LogP contribution in [0.25, 0.3) is 0 Å². The molecule has 0 bridgehead atoms. The number of nitrogens with one attached hydrogen (secondary N) is 1. The van der Waals surface area contributed by atoms with Crippen molar-refractivity contribution >= 4 is 23.5 Å². The maximum atomic E-state index is 13.5. The number of alkyl halides is 3. The van der Waals surface area contributed by atoms with E-state index in [2.05, 4.69) is 5.32 Å². The van der Waals surface area contributed by atoms with Crippen LogP contribution in [0.2, 0.25) is 0 Å². The highest BCUT2D eigenvalue weighted by molar-refractivity contribution is 6.20. The number of benzene rings is 2. The first-order valence-corrected chi connectivity index (χ1v) is 10.8. The highest BCUT2D eigenvalue weighted by Crippen LogP contribution is 2.50. The number of carbonyl (C=O) groups excluding carboxylic acids is 3. The van der Waals surface area contributed by atoms with E-state index in [9.17, 15) is 27.6 Å². The Morgan fingerprint density at radius 3 is 2.48 bits per heavy atom. The third-order valence-electron chi connectivity index (χ3n) is 7.24. The first-order valence-electron chi connectivity index (χ1n) is 10.8. The number of amides is 4. The van der Waals surface area contributed by atoms with Crippen LogP contribution in [0.1, 0.15) is 35.4 Å². The van der Waals surface area contributed by atoms with E-state index in [0.717, 1.165) is 29.0 Å². The van der Waals surface area contributed by atoms with E-state index in [1.807, 2.05) is 35.2 Å². The van der Waals surface area contributed by atoms with E-state index in [-0.39, 0.29) is 17.9 Å². The number of anilines is 1. The molecule has 3 heterocycles. The standard InChI is InChI=1S/C24H22F3N3O3/c1-29-21(32)23(20(31)28-22(29)33)13-16-11-17(24(25,26)27)7-8-18(16)30-10-9-15(12-19(23)30)14-5-3-2-4-6-14/h2-8,11,15,19H,9-10,12-13H2,1H3,(H,28,31,33). The molecule has 6 nitrogen and oxygen atoms in total. The lowest BCUT2D eigenvalue weighted by Crippen LogP contribution is -2.72. The first-order chi connectivity index (χ1) is 15.6. The average Bonchev–Trinajstić information content (AvgIpc) is 2.80. The van der Waals surface area contributed by atoms with Gasteiger partial charge in [-0.3, -0.25) is 19.8 Å². The Balaban J connectivity index is 1.65. The van der Waals surface area contributed by atoms with Crippen molar-refractivity contribution in [3.05, 3.63) is 65.2 Å². The third-order valence-corrected chi connectivity index (χ3v) is 7.24. The van der Waals surface area contributed by atoms with Gasteiger partial charge in [0, 0.05) is 19.3 Å². The first kappa shape index (κ1) is 21.5. The van der Waals surface area contributed by atoms with Crippen LogP contribution in [0.3, 0.4) is 0 Å². The lowest BCUT2D eigenvalue weighted by Gasteiger charge is -2.54. The molecule has 0 aromatic heterocycles. The number of piperidine rings is 1. The maximum absolute atomic E-state index is 13.5. The van der Waals surface area contributed by atoms with Gasteiger partial charge in [0.25, 0.3) is 0 Å². The molecule has 2 aromatic carbocycles. The number of imide groups is 2. The number of urea groups is 1. The zero-order valence-corrected chi connectivity index (χ0v) is 17.9. The van der Waals surface area contributed by atoms with Gasteiger partial charge in [0.15, 0.2) is 5.41 Å². The van der Waals surface area contributed by atoms with Crippen LogP contribution in [0.15, 0.2) is 48.5 Å². The zero-order valence-electron chi connectivity index (χ0n) is 17.9. The molecule has 9 heteroatoms. The number of rotatable bonds is 1. The van der Waals surface area contributed by atoms with Crippen LogP contribution in [0, 0.1) is 5.41 Å².